The third-order valence-electron chi connectivity index (χ3n) is 1.62. The van der Waals surface area contributed by atoms with E-state index in [1.807, 2.05) is 13.8 Å². The van der Waals surface area contributed by atoms with Gasteiger partial charge in [-0.1, -0.05) is 13.8 Å². The zero-order chi connectivity index (χ0) is 9.68. The summed E-state index contributed by atoms with van der Waals surface area (Å²) in [6.07, 6.45) is 1.64. The van der Waals surface area contributed by atoms with E-state index >= 15 is 0 Å². The molecule has 0 saturated carbocycles. The highest BCUT2D eigenvalue weighted by Crippen LogP contribution is 2.10. The normalized spacial score (nSPS) is 10.0. The lowest BCUT2D eigenvalue weighted by Crippen LogP contribution is -2.03. The van der Waals surface area contributed by atoms with Gasteiger partial charge in [0.1, 0.15) is 11.5 Å². The van der Waals surface area contributed by atoms with Crippen molar-refractivity contribution >= 4 is 0 Å². The van der Waals surface area contributed by atoms with Crippen LogP contribution in [0.4, 0.5) is 0 Å². The highest BCUT2D eigenvalue weighted by atomic mass is 16.5. The van der Waals surface area contributed by atoms with Gasteiger partial charge in [0.25, 0.3) is 0 Å². The molecular formula is C10H14O3. The van der Waals surface area contributed by atoms with Gasteiger partial charge in [-0.15, -0.1) is 0 Å². The lowest BCUT2D eigenvalue weighted by atomic mass is 10.3. The molecule has 0 aliphatic carbocycles. The Bertz CT molecular complexity index is 314. The van der Waals surface area contributed by atoms with E-state index in [0.29, 0.717) is 24.5 Å². The second-order valence-corrected chi connectivity index (χ2v) is 2.78. The van der Waals surface area contributed by atoms with Crippen molar-refractivity contribution < 1.29 is 9.15 Å². The van der Waals surface area contributed by atoms with Crippen LogP contribution in [0.2, 0.25) is 0 Å². The zero-order valence-electron chi connectivity index (χ0n) is 8.00. The van der Waals surface area contributed by atoms with Gasteiger partial charge < -0.3 is 9.15 Å². The average Bonchev–Trinajstić information content (AvgIpc) is 2.14. The highest BCUT2D eigenvalue weighted by Gasteiger charge is 1.99. The number of hydrogen-bond donors (Lipinski definition) is 0. The molecule has 0 saturated heterocycles. The summed E-state index contributed by atoms with van der Waals surface area (Å²) >= 11 is 0. The average molecular weight is 182 g/mol. The maximum absolute atomic E-state index is 11.0. The lowest BCUT2D eigenvalue weighted by molar-refractivity contribution is 0.310. The first-order chi connectivity index (χ1) is 6.26. The summed E-state index contributed by atoms with van der Waals surface area (Å²) < 4.78 is 10.2. The quantitative estimate of drug-likeness (QED) is 0.714. The fraction of sp³-hybridized carbons (Fsp3) is 0.500. The van der Waals surface area contributed by atoms with E-state index in [1.165, 1.54) is 6.07 Å². The first-order valence-electron chi connectivity index (χ1n) is 4.53. The molecule has 1 rings (SSSR count). The van der Waals surface area contributed by atoms with Crippen LogP contribution < -0.4 is 10.4 Å². The Balaban J connectivity index is 2.82. The van der Waals surface area contributed by atoms with Crippen molar-refractivity contribution in [3.8, 4) is 5.75 Å². The van der Waals surface area contributed by atoms with Crippen molar-refractivity contribution in [2.45, 2.75) is 26.7 Å². The molecule has 0 unspecified atom stereocenters. The minimum atomic E-state index is -0.342. The Labute approximate surface area is 77.3 Å². The van der Waals surface area contributed by atoms with Crippen LogP contribution in [-0.4, -0.2) is 6.61 Å². The van der Waals surface area contributed by atoms with Crippen LogP contribution in [-0.2, 0) is 6.42 Å². The molecule has 72 valence electrons. The topological polar surface area (TPSA) is 39.4 Å². The molecule has 0 spiro atoms. The Morgan fingerprint density at radius 2 is 2.15 bits per heavy atom. The standard InChI is InChI=1S/C10H14O3/c1-3-5-12-9-6-8(4-2)13-10(11)7-9/h6-7H,3-5H2,1-2H3. The molecule has 1 heterocycles. The van der Waals surface area contributed by atoms with Crippen molar-refractivity contribution in [3.05, 3.63) is 28.3 Å². The summed E-state index contributed by atoms with van der Waals surface area (Å²) in [7, 11) is 0. The molecule has 0 bridgehead atoms. The van der Waals surface area contributed by atoms with Gasteiger partial charge in [0, 0.05) is 12.5 Å². The molecule has 0 aromatic carbocycles. The summed E-state index contributed by atoms with van der Waals surface area (Å²) in [6, 6.07) is 3.13. The van der Waals surface area contributed by atoms with E-state index in [0.717, 1.165) is 6.42 Å². The first-order valence-corrected chi connectivity index (χ1v) is 4.53. The predicted molar refractivity (Wildman–Crippen MR) is 50.1 cm³/mol. The molecule has 0 radical (unpaired) electrons. The predicted octanol–water partition coefficient (Wildman–Crippen LogP) is 1.99. The van der Waals surface area contributed by atoms with Gasteiger partial charge in [0.05, 0.1) is 12.7 Å². The Morgan fingerprint density at radius 1 is 1.38 bits per heavy atom. The second kappa shape index (κ2) is 4.70. The first kappa shape index (κ1) is 9.84. The van der Waals surface area contributed by atoms with Gasteiger partial charge in [-0.25, -0.2) is 4.79 Å². The van der Waals surface area contributed by atoms with Crippen LogP contribution in [0.15, 0.2) is 21.3 Å². The smallest absolute Gasteiger partial charge is 0.339 e. The highest BCUT2D eigenvalue weighted by molar-refractivity contribution is 5.20. The van der Waals surface area contributed by atoms with Crippen molar-refractivity contribution in [2.75, 3.05) is 6.61 Å². The number of hydrogen-bond acceptors (Lipinski definition) is 3. The van der Waals surface area contributed by atoms with Crippen LogP contribution in [0.1, 0.15) is 26.0 Å². The van der Waals surface area contributed by atoms with Crippen molar-refractivity contribution in [1.82, 2.24) is 0 Å². The fourth-order valence-corrected chi connectivity index (χ4v) is 0.982. The van der Waals surface area contributed by atoms with Crippen LogP contribution in [0, 0.1) is 0 Å². The lowest BCUT2D eigenvalue weighted by Gasteiger charge is -2.03. The largest absolute Gasteiger partial charge is 0.493 e. The molecule has 0 fully saturated rings. The third kappa shape index (κ3) is 2.93. The monoisotopic (exact) mass is 182 g/mol. The van der Waals surface area contributed by atoms with Crippen LogP contribution in [0.3, 0.4) is 0 Å². The molecule has 0 atom stereocenters. The molecule has 0 amide bonds. The summed E-state index contributed by atoms with van der Waals surface area (Å²) in [5.41, 5.74) is -0.342. The minimum absolute atomic E-state index is 0.342. The molecule has 0 N–H and O–H groups in total. The molecule has 0 aliphatic heterocycles. The maximum Gasteiger partial charge on any atom is 0.339 e. The molecule has 1 aromatic heterocycles. The van der Waals surface area contributed by atoms with Crippen molar-refractivity contribution in [3.63, 3.8) is 0 Å². The maximum atomic E-state index is 11.0. The van der Waals surface area contributed by atoms with Gasteiger partial charge in [-0.05, 0) is 6.42 Å². The Morgan fingerprint density at radius 3 is 2.77 bits per heavy atom. The van der Waals surface area contributed by atoms with Crippen molar-refractivity contribution in [1.29, 1.82) is 0 Å². The van der Waals surface area contributed by atoms with Gasteiger partial charge in [-0.2, -0.15) is 0 Å². The zero-order valence-corrected chi connectivity index (χ0v) is 8.00. The van der Waals surface area contributed by atoms with Crippen molar-refractivity contribution in [2.24, 2.45) is 0 Å². The third-order valence-corrected chi connectivity index (χ3v) is 1.62. The van der Waals surface area contributed by atoms with Crippen LogP contribution in [0.5, 0.6) is 5.75 Å². The minimum Gasteiger partial charge on any atom is -0.493 e. The molecule has 13 heavy (non-hydrogen) atoms. The SMILES string of the molecule is CCCOc1cc(CC)oc(=O)c1. The fourth-order valence-electron chi connectivity index (χ4n) is 0.982. The molecular weight excluding hydrogens is 168 g/mol. The molecule has 3 heteroatoms. The Hall–Kier alpha value is -1.25. The van der Waals surface area contributed by atoms with Gasteiger partial charge in [0.15, 0.2) is 0 Å². The molecule has 3 nitrogen and oxygen atoms in total. The summed E-state index contributed by atoms with van der Waals surface area (Å²) in [4.78, 5) is 11.0. The van der Waals surface area contributed by atoms with E-state index in [-0.39, 0.29) is 5.63 Å². The summed E-state index contributed by atoms with van der Waals surface area (Å²) in [6.45, 7) is 4.58. The molecule has 0 aliphatic rings. The van der Waals surface area contributed by atoms with Crippen LogP contribution >= 0.6 is 0 Å². The van der Waals surface area contributed by atoms with E-state index in [1.54, 1.807) is 6.07 Å². The molecule has 1 aromatic rings. The van der Waals surface area contributed by atoms with Crippen LogP contribution in [0.25, 0.3) is 0 Å². The van der Waals surface area contributed by atoms with Gasteiger partial charge in [-0.3, -0.25) is 0 Å². The van der Waals surface area contributed by atoms with E-state index in [2.05, 4.69) is 0 Å². The second-order valence-electron chi connectivity index (χ2n) is 2.78. The van der Waals surface area contributed by atoms with E-state index in [9.17, 15) is 4.79 Å². The summed E-state index contributed by atoms with van der Waals surface area (Å²) in [5.74, 6) is 1.27. The number of ether oxygens (including phenoxy) is 1. The number of aryl methyl sites for hydroxylation is 1. The Kier molecular flexibility index (Phi) is 3.55. The van der Waals surface area contributed by atoms with E-state index in [4.69, 9.17) is 9.15 Å². The van der Waals surface area contributed by atoms with Gasteiger partial charge >= 0.3 is 5.63 Å². The van der Waals surface area contributed by atoms with E-state index < -0.39 is 0 Å². The number of rotatable bonds is 4. The summed E-state index contributed by atoms with van der Waals surface area (Å²) in [5, 5.41) is 0. The van der Waals surface area contributed by atoms with Gasteiger partial charge in [0.2, 0.25) is 0 Å².